The van der Waals surface area contributed by atoms with Gasteiger partial charge in [-0.25, -0.2) is 9.37 Å². The standard InChI is InChI=1S/C25H18BrFN4O4/c1-2-34-23-11-16(8-17(13-28)25-29-21-7-6-18(27)12-22(21)30-25)10-20(26)24(23)35-14-15-4-3-5-19(9-15)31(32)33/h3-12H,2,14H2,1H3,(H,29,30)/b17-8-. The van der Waals surface area contributed by atoms with Gasteiger partial charge in [0.25, 0.3) is 5.69 Å². The number of allylic oxidation sites excluding steroid dienone is 1. The number of nitro groups is 1. The van der Waals surface area contributed by atoms with Crippen molar-refractivity contribution < 1.29 is 18.8 Å². The Morgan fingerprint density at radius 1 is 1.26 bits per heavy atom. The number of halogens is 2. The molecule has 0 atom stereocenters. The van der Waals surface area contributed by atoms with E-state index in [0.29, 0.717) is 50.6 Å². The van der Waals surface area contributed by atoms with Gasteiger partial charge in [-0.05, 0) is 70.4 Å². The average Bonchev–Trinajstić information content (AvgIpc) is 3.25. The SMILES string of the molecule is CCOc1cc(/C=C(/C#N)c2nc3ccc(F)cc3[nH]2)cc(Br)c1OCc1cccc([N+](=O)[O-])c1. The van der Waals surface area contributed by atoms with Crippen LogP contribution in [0.5, 0.6) is 11.5 Å². The fourth-order valence-electron chi connectivity index (χ4n) is 3.42. The number of hydrogen-bond donors (Lipinski definition) is 1. The van der Waals surface area contributed by atoms with Crippen LogP contribution in [0.15, 0.2) is 59.1 Å². The van der Waals surface area contributed by atoms with Crippen molar-refractivity contribution in [2.24, 2.45) is 0 Å². The smallest absolute Gasteiger partial charge is 0.269 e. The molecule has 1 heterocycles. The van der Waals surface area contributed by atoms with E-state index >= 15 is 0 Å². The number of nitro benzene ring substituents is 1. The molecular formula is C25H18BrFN4O4. The Bertz CT molecular complexity index is 1490. The van der Waals surface area contributed by atoms with Crippen LogP contribution in [0.3, 0.4) is 0 Å². The van der Waals surface area contributed by atoms with Crippen LogP contribution in [0.4, 0.5) is 10.1 Å². The summed E-state index contributed by atoms with van der Waals surface area (Å²) in [5, 5.41) is 20.7. The summed E-state index contributed by atoms with van der Waals surface area (Å²) in [4.78, 5) is 17.9. The molecule has 0 aliphatic rings. The second-order valence-electron chi connectivity index (χ2n) is 7.40. The maximum atomic E-state index is 13.5. The number of hydrogen-bond acceptors (Lipinski definition) is 6. The molecule has 0 fully saturated rings. The highest BCUT2D eigenvalue weighted by Crippen LogP contribution is 2.38. The van der Waals surface area contributed by atoms with Crippen LogP contribution in [0, 0.1) is 27.3 Å². The van der Waals surface area contributed by atoms with Gasteiger partial charge in [0.1, 0.15) is 24.3 Å². The van der Waals surface area contributed by atoms with E-state index in [1.54, 1.807) is 30.3 Å². The molecule has 3 aromatic carbocycles. The van der Waals surface area contributed by atoms with Gasteiger partial charge in [0.2, 0.25) is 0 Å². The summed E-state index contributed by atoms with van der Waals surface area (Å²) in [7, 11) is 0. The van der Waals surface area contributed by atoms with E-state index in [2.05, 4.69) is 32.0 Å². The lowest BCUT2D eigenvalue weighted by atomic mass is 10.1. The van der Waals surface area contributed by atoms with Gasteiger partial charge >= 0.3 is 0 Å². The van der Waals surface area contributed by atoms with Crippen molar-refractivity contribution >= 4 is 44.3 Å². The van der Waals surface area contributed by atoms with Crippen LogP contribution in [0.2, 0.25) is 0 Å². The van der Waals surface area contributed by atoms with E-state index in [0.717, 1.165) is 0 Å². The van der Waals surface area contributed by atoms with Gasteiger partial charge in [-0.3, -0.25) is 10.1 Å². The number of H-pyrrole nitrogens is 1. The molecule has 0 bridgehead atoms. The minimum absolute atomic E-state index is 0.0203. The van der Waals surface area contributed by atoms with Crippen LogP contribution in [0.1, 0.15) is 23.9 Å². The molecule has 8 nitrogen and oxygen atoms in total. The number of nitrogens with one attached hydrogen (secondary N) is 1. The molecule has 0 aliphatic carbocycles. The first-order chi connectivity index (χ1) is 16.9. The van der Waals surface area contributed by atoms with Crippen molar-refractivity contribution in [3.8, 4) is 17.6 Å². The van der Waals surface area contributed by atoms with Crippen molar-refractivity contribution in [2.45, 2.75) is 13.5 Å². The summed E-state index contributed by atoms with van der Waals surface area (Å²) in [6.45, 7) is 2.29. The number of benzene rings is 3. The molecule has 0 saturated carbocycles. The molecule has 0 amide bonds. The number of aromatic nitrogens is 2. The molecule has 0 spiro atoms. The largest absolute Gasteiger partial charge is 0.490 e. The molecule has 35 heavy (non-hydrogen) atoms. The van der Waals surface area contributed by atoms with Gasteiger partial charge in [-0.2, -0.15) is 5.26 Å². The zero-order valence-corrected chi connectivity index (χ0v) is 20.0. The van der Waals surface area contributed by atoms with Crippen LogP contribution >= 0.6 is 15.9 Å². The topological polar surface area (TPSA) is 114 Å². The Balaban J connectivity index is 1.64. The number of ether oxygens (including phenoxy) is 2. The molecule has 1 N–H and O–H groups in total. The Hall–Kier alpha value is -4.23. The number of fused-ring (bicyclic) bond motifs is 1. The van der Waals surface area contributed by atoms with Crippen molar-refractivity contribution in [2.75, 3.05) is 6.61 Å². The maximum Gasteiger partial charge on any atom is 0.269 e. The molecule has 176 valence electrons. The van der Waals surface area contributed by atoms with Crippen molar-refractivity contribution in [3.05, 3.63) is 92.0 Å². The quantitative estimate of drug-likeness (QED) is 0.158. The number of non-ortho nitro benzene ring substituents is 1. The minimum atomic E-state index is -0.461. The lowest BCUT2D eigenvalue weighted by molar-refractivity contribution is -0.384. The van der Waals surface area contributed by atoms with Gasteiger partial charge in [-0.1, -0.05) is 12.1 Å². The van der Waals surface area contributed by atoms with Gasteiger partial charge in [-0.15, -0.1) is 0 Å². The van der Waals surface area contributed by atoms with E-state index < -0.39 is 10.7 Å². The first-order valence-corrected chi connectivity index (χ1v) is 11.3. The van der Waals surface area contributed by atoms with E-state index in [4.69, 9.17) is 9.47 Å². The Kier molecular flexibility index (Phi) is 7.08. The summed E-state index contributed by atoms with van der Waals surface area (Å²) in [6.07, 6.45) is 1.63. The number of nitriles is 1. The molecule has 10 heteroatoms. The minimum Gasteiger partial charge on any atom is -0.490 e. The zero-order valence-electron chi connectivity index (χ0n) is 18.4. The van der Waals surface area contributed by atoms with Crippen molar-refractivity contribution in [1.82, 2.24) is 9.97 Å². The molecular weight excluding hydrogens is 519 g/mol. The molecule has 4 rings (SSSR count). The predicted molar refractivity (Wildman–Crippen MR) is 132 cm³/mol. The zero-order chi connectivity index (χ0) is 24.9. The van der Waals surface area contributed by atoms with Crippen LogP contribution < -0.4 is 9.47 Å². The predicted octanol–water partition coefficient (Wildman–Crippen LogP) is 6.41. The number of aromatic amines is 1. The number of rotatable bonds is 8. The number of imidazole rings is 1. The summed E-state index contributed by atoms with van der Waals surface area (Å²) in [5.74, 6) is 0.769. The summed E-state index contributed by atoms with van der Waals surface area (Å²) in [5.41, 5.74) is 2.54. The van der Waals surface area contributed by atoms with Crippen LogP contribution in [-0.4, -0.2) is 21.5 Å². The normalized spacial score (nSPS) is 11.3. The third-order valence-corrected chi connectivity index (χ3v) is 5.56. The third kappa shape index (κ3) is 5.47. The molecule has 4 aromatic rings. The lowest BCUT2D eigenvalue weighted by Gasteiger charge is -2.15. The molecule has 1 aromatic heterocycles. The lowest BCUT2D eigenvalue weighted by Crippen LogP contribution is -2.01. The fourth-order valence-corrected chi connectivity index (χ4v) is 3.99. The van der Waals surface area contributed by atoms with E-state index in [9.17, 15) is 19.8 Å². The van der Waals surface area contributed by atoms with Gasteiger partial charge in [0.05, 0.1) is 32.6 Å². The number of nitrogens with zero attached hydrogens (tertiary/aromatic N) is 3. The first-order valence-electron chi connectivity index (χ1n) is 10.5. The van der Waals surface area contributed by atoms with E-state index in [-0.39, 0.29) is 17.9 Å². The monoisotopic (exact) mass is 536 g/mol. The summed E-state index contributed by atoms with van der Waals surface area (Å²) >= 11 is 3.49. The second-order valence-corrected chi connectivity index (χ2v) is 8.25. The fraction of sp³-hybridized carbons (Fsp3) is 0.120. The molecule has 0 unspecified atom stereocenters. The van der Waals surface area contributed by atoms with E-state index in [1.165, 1.54) is 30.3 Å². The molecule has 0 saturated heterocycles. The average molecular weight is 537 g/mol. The summed E-state index contributed by atoms with van der Waals surface area (Å²) < 4.78 is 25.8. The highest BCUT2D eigenvalue weighted by Gasteiger charge is 2.15. The van der Waals surface area contributed by atoms with Crippen molar-refractivity contribution in [3.63, 3.8) is 0 Å². The maximum absolute atomic E-state index is 13.5. The first kappa shape index (κ1) is 23.9. The molecule has 0 radical (unpaired) electrons. The Morgan fingerprint density at radius 2 is 2.09 bits per heavy atom. The van der Waals surface area contributed by atoms with E-state index in [1.807, 2.05) is 6.92 Å². The van der Waals surface area contributed by atoms with Crippen LogP contribution in [0.25, 0.3) is 22.7 Å². The third-order valence-electron chi connectivity index (χ3n) is 4.97. The molecule has 0 aliphatic heterocycles. The highest BCUT2D eigenvalue weighted by atomic mass is 79.9. The van der Waals surface area contributed by atoms with Gasteiger partial charge < -0.3 is 14.5 Å². The van der Waals surface area contributed by atoms with Gasteiger partial charge in [0, 0.05) is 12.1 Å². The highest BCUT2D eigenvalue weighted by molar-refractivity contribution is 9.10. The summed E-state index contributed by atoms with van der Waals surface area (Å²) in [6, 6.07) is 15.9. The van der Waals surface area contributed by atoms with Gasteiger partial charge in [0.15, 0.2) is 11.5 Å². The second kappa shape index (κ2) is 10.4. The Labute approximate surface area is 207 Å². The van der Waals surface area contributed by atoms with Crippen LogP contribution in [-0.2, 0) is 6.61 Å². The van der Waals surface area contributed by atoms with Crippen molar-refractivity contribution in [1.29, 1.82) is 5.26 Å². The Morgan fingerprint density at radius 3 is 2.83 bits per heavy atom.